The van der Waals surface area contributed by atoms with E-state index in [1.807, 2.05) is 24.3 Å². The van der Waals surface area contributed by atoms with Crippen LogP contribution in [-0.4, -0.2) is 23.4 Å². The van der Waals surface area contributed by atoms with Crippen LogP contribution in [0.2, 0.25) is 0 Å². The van der Waals surface area contributed by atoms with Gasteiger partial charge in [-0.2, -0.15) is 0 Å². The molecule has 0 atom stereocenters. The summed E-state index contributed by atoms with van der Waals surface area (Å²) in [6.45, 7) is 0. The van der Waals surface area contributed by atoms with Gasteiger partial charge >= 0.3 is 0 Å². The second-order valence-electron chi connectivity index (χ2n) is 12.0. The molecule has 0 saturated carbocycles. The Bertz CT molecular complexity index is 2400. The number of ketones is 2. The number of aryl methyl sites for hydroxylation is 1. The molecule has 0 spiro atoms. The second kappa shape index (κ2) is 9.34. The lowest BCUT2D eigenvalue weighted by molar-refractivity contribution is 0.0793. The molecule has 1 aliphatic heterocycles. The second-order valence-corrected chi connectivity index (χ2v) is 12.0. The van der Waals surface area contributed by atoms with E-state index in [1.165, 1.54) is 36.4 Å². The maximum Gasteiger partial charge on any atom is 0.265 e. The highest BCUT2D eigenvalue weighted by molar-refractivity contribution is 6.44. The summed E-state index contributed by atoms with van der Waals surface area (Å²) in [5.74, 6) is -3.08. The minimum absolute atomic E-state index is 0.226. The smallest absolute Gasteiger partial charge is 0.265 e. The summed E-state index contributed by atoms with van der Waals surface area (Å²) in [7, 11) is 0. The van der Waals surface area contributed by atoms with Gasteiger partial charge in [0.1, 0.15) is 11.6 Å². The van der Waals surface area contributed by atoms with Crippen LogP contribution >= 0.6 is 0 Å². The van der Waals surface area contributed by atoms with Gasteiger partial charge in [0.2, 0.25) is 0 Å². The third kappa shape index (κ3) is 3.48. The molecule has 0 N–H and O–H groups in total. The molecule has 1 aliphatic carbocycles. The minimum atomic E-state index is -0.833. The lowest BCUT2D eigenvalue weighted by atomic mass is 9.75. The Morgan fingerprint density at radius 2 is 0.891 bits per heavy atom. The summed E-state index contributed by atoms with van der Waals surface area (Å²) in [6, 6.07) is 25.8. The highest BCUT2D eigenvalue weighted by Crippen LogP contribution is 2.47. The molecule has 5 nitrogen and oxygen atoms in total. The van der Waals surface area contributed by atoms with Crippen molar-refractivity contribution < 1.29 is 28.0 Å². The third-order valence-electron chi connectivity index (χ3n) is 9.65. The van der Waals surface area contributed by atoms with E-state index in [1.54, 1.807) is 36.4 Å². The summed E-state index contributed by atoms with van der Waals surface area (Å²) in [5, 5.41) is 5.98. The fourth-order valence-electron chi connectivity index (χ4n) is 7.53. The monoisotopic (exact) mass is 605 g/mol. The molecule has 1 heterocycles. The Morgan fingerprint density at radius 1 is 0.478 bits per heavy atom. The molecule has 2 amide bonds. The Balaban J connectivity index is 1.22. The van der Waals surface area contributed by atoms with Gasteiger partial charge in [0.15, 0.2) is 11.6 Å². The Hall–Kier alpha value is -5.82. The normalized spacial score (nSPS) is 15.0. The molecule has 0 aromatic heterocycles. The van der Waals surface area contributed by atoms with Crippen molar-refractivity contribution in [2.24, 2.45) is 5.92 Å². The van der Waals surface area contributed by atoms with Gasteiger partial charge in [-0.3, -0.25) is 19.2 Å². The predicted molar refractivity (Wildman–Crippen MR) is 172 cm³/mol. The first-order valence-corrected chi connectivity index (χ1v) is 15.0. The van der Waals surface area contributed by atoms with Crippen molar-refractivity contribution in [3.63, 3.8) is 0 Å². The van der Waals surface area contributed by atoms with Crippen LogP contribution < -0.4 is 4.90 Å². The molecule has 220 valence electrons. The number of Topliss-reactive ketones (excluding diaryl/α,β-unsaturated/α-hetero) is 2. The molecule has 7 aromatic rings. The van der Waals surface area contributed by atoms with Crippen molar-refractivity contribution in [2.45, 2.75) is 12.8 Å². The van der Waals surface area contributed by atoms with Crippen LogP contribution in [0.4, 0.5) is 14.5 Å². The van der Waals surface area contributed by atoms with Gasteiger partial charge in [-0.05, 0) is 99.3 Å². The van der Waals surface area contributed by atoms with Gasteiger partial charge in [-0.25, -0.2) is 13.7 Å². The summed E-state index contributed by atoms with van der Waals surface area (Å²) in [4.78, 5) is 56.3. The van der Waals surface area contributed by atoms with Crippen molar-refractivity contribution in [1.29, 1.82) is 0 Å². The van der Waals surface area contributed by atoms with E-state index in [0.29, 0.717) is 45.9 Å². The summed E-state index contributed by atoms with van der Waals surface area (Å²) in [6.07, 6.45) is 0.783. The van der Waals surface area contributed by atoms with Gasteiger partial charge in [0.05, 0.1) is 11.6 Å². The van der Waals surface area contributed by atoms with Crippen LogP contribution in [0.1, 0.15) is 53.4 Å². The van der Waals surface area contributed by atoms with E-state index >= 15 is 0 Å². The number of rotatable bonds is 4. The zero-order valence-corrected chi connectivity index (χ0v) is 24.1. The lowest BCUT2D eigenvalue weighted by Crippen LogP contribution is -2.40. The van der Waals surface area contributed by atoms with E-state index in [-0.39, 0.29) is 23.1 Å². The Kier molecular flexibility index (Phi) is 5.40. The molecule has 7 aromatic carbocycles. The third-order valence-corrected chi connectivity index (χ3v) is 9.65. The largest absolute Gasteiger partial charge is 0.293 e. The molecule has 9 rings (SSSR count). The number of fused-ring (bicyclic) bond motifs is 2. The first-order valence-electron chi connectivity index (χ1n) is 15.0. The molecule has 0 fully saturated rings. The molecule has 46 heavy (non-hydrogen) atoms. The molecule has 0 bridgehead atoms. The predicted octanol–water partition coefficient (Wildman–Crippen LogP) is 8.44. The SMILES string of the molecule is O=C1c2ccc3c4ccc5c6c(ccc(c7ccc(c2c37)C(=O)C1CCc1ccc(F)cc1)c64)C(=O)N(c1ccc(F)cc1)C5=O. The van der Waals surface area contributed by atoms with Gasteiger partial charge in [-0.1, -0.05) is 48.5 Å². The Morgan fingerprint density at radius 3 is 1.37 bits per heavy atom. The fourth-order valence-corrected chi connectivity index (χ4v) is 7.53. The summed E-state index contributed by atoms with van der Waals surface area (Å²) < 4.78 is 27.0. The van der Waals surface area contributed by atoms with Crippen LogP contribution in [0, 0.1) is 17.6 Å². The maximum atomic E-state index is 13.8. The number of amides is 2. The molecular weight excluding hydrogens is 584 g/mol. The van der Waals surface area contributed by atoms with Gasteiger partial charge in [0.25, 0.3) is 11.8 Å². The number of benzene rings is 7. The minimum Gasteiger partial charge on any atom is -0.293 e. The van der Waals surface area contributed by atoms with Gasteiger partial charge in [0, 0.05) is 33.0 Å². The molecule has 0 saturated heterocycles. The lowest BCUT2D eigenvalue weighted by Gasteiger charge is -2.29. The fraction of sp³-hybridized carbons (Fsp3) is 0.0769. The summed E-state index contributed by atoms with van der Waals surface area (Å²) in [5.41, 5.74) is 2.85. The van der Waals surface area contributed by atoms with Crippen molar-refractivity contribution in [2.75, 3.05) is 4.90 Å². The molecule has 0 unspecified atom stereocenters. The molecule has 2 aliphatic rings. The van der Waals surface area contributed by atoms with Crippen molar-refractivity contribution in [1.82, 2.24) is 0 Å². The number of carbonyl (C=O) groups is 4. The first-order chi connectivity index (χ1) is 22.3. The van der Waals surface area contributed by atoms with Crippen molar-refractivity contribution >= 4 is 72.2 Å². The van der Waals surface area contributed by atoms with Gasteiger partial charge in [-0.15, -0.1) is 0 Å². The number of hydrogen-bond donors (Lipinski definition) is 0. The molecule has 0 radical (unpaired) electrons. The van der Waals surface area contributed by atoms with E-state index in [9.17, 15) is 28.0 Å². The number of halogens is 2. The molecule has 7 heteroatoms. The number of carbonyl (C=O) groups excluding carboxylic acids is 4. The van der Waals surface area contributed by atoms with Crippen LogP contribution in [0.5, 0.6) is 0 Å². The standard InChI is InChI=1S/C39H21F2NO4/c40-20-4-1-19(2-5-20)3-10-31-36(43)27-15-11-23-25-13-17-29-35-30(39(46)42(38(29)45)22-8-6-21(41)7-9-22)18-14-26(33(25)35)24-12-16-28(37(31)44)34(27)32(23)24/h1-2,4-9,11-18,31H,3,10H2. The zero-order valence-electron chi connectivity index (χ0n) is 24.1. The topological polar surface area (TPSA) is 71.5 Å². The zero-order chi connectivity index (χ0) is 31.4. The average Bonchev–Trinajstić information content (AvgIpc) is 3.07. The Labute approximate surface area is 260 Å². The first kappa shape index (κ1) is 26.6. The van der Waals surface area contributed by atoms with Crippen LogP contribution in [-0.2, 0) is 6.42 Å². The maximum absolute atomic E-state index is 13.8. The van der Waals surface area contributed by atoms with Crippen molar-refractivity contribution in [3.8, 4) is 0 Å². The highest BCUT2D eigenvalue weighted by atomic mass is 19.1. The van der Waals surface area contributed by atoms with Crippen LogP contribution in [0.3, 0.4) is 0 Å². The quantitative estimate of drug-likeness (QED) is 0.0874. The number of anilines is 1. The number of imide groups is 1. The molecular formula is C39H21F2NO4. The average molecular weight is 606 g/mol. The number of nitrogens with zero attached hydrogens (tertiary/aromatic N) is 1. The van der Waals surface area contributed by atoms with E-state index in [0.717, 1.165) is 42.8 Å². The highest BCUT2D eigenvalue weighted by Gasteiger charge is 2.38. The van der Waals surface area contributed by atoms with E-state index in [2.05, 4.69) is 0 Å². The van der Waals surface area contributed by atoms with E-state index in [4.69, 9.17) is 0 Å². The van der Waals surface area contributed by atoms with Gasteiger partial charge < -0.3 is 0 Å². The van der Waals surface area contributed by atoms with Crippen molar-refractivity contribution in [3.05, 3.63) is 137 Å². The summed E-state index contributed by atoms with van der Waals surface area (Å²) >= 11 is 0. The van der Waals surface area contributed by atoms with Crippen LogP contribution in [0.25, 0.3) is 43.1 Å². The van der Waals surface area contributed by atoms with E-state index < -0.39 is 23.5 Å². The number of hydrogen-bond acceptors (Lipinski definition) is 4. The van der Waals surface area contributed by atoms with Crippen LogP contribution in [0.15, 0.2) is 97.1 Å².